The number of nitrogens with zero attached hydrogens (tertiary/aromatic N) is 1. The standard InChI is InChI=1S/C7H6NO2.Li/c9-8(10)6-7-4-2-1-3-5-7;/h1-6H;/q-1;+1. The van der Waals surface area contributed by atoms with Gasteiger partial charge < -0.3 is 10.4 Å². The van der Waals surface area contributed by atoms with Gasteiger partial charge in [0.2, 0.25) is 0 Å². The first kappa shape index (κ1) is 10.1. The van der Waals surface area contributed by atoms with E-state index in [1.807, 2.05) is 6.07 Å². The maximum atomic E-state index is 9.92. The summed E-state index contributed by atoms with van der Waals surface area (Å²) in [5.41, 5.74) is 0.618. The molecule has 4 heteroatoms. The second-order valence-corrected chi connectivity index (χ2v) is 1.83. The smallest absolute Gasteiger partial charge is 0.612 e. The van der Waals surface area contributed by atoms with Crippen molar-refractivity contribution in [3.05, 3.63) is 46.3 Å². The summed E-state index contributed by atoms with van der Waals surface area (Å²) in [6.45, 7) is 0. The first-order chi connectivity index (χ1) is 4.79. The average Bonchev–Trinajstić information content (AvgIpc) is 1.88. The second kappa shape index (κ2) is 4.84. The summed E-state index contributed by atoms with van der Waals surface area (Å²) in [5, 5.41) is 19.8. The minimum atomic E-state index is -0.463. The van der Waals surface area contributed by atoms with Gasteiger partial charge in [0.05, 0.1) is 0 Å². The average molecular weight is 143 g/mol. The molecule has 0 N–H and O–H groups in total. The van der Waals surface area contributed by atoms with Crippen LogP contribution >= 0.6 is 0 Å². The number of benzene rings is 1. The number of hydrogen-bond donors (Lipinski definition) is 0. The third-order valence-corrected chi connectivity index (χ3v) is 1.05. The van der Waals surface area contributed by atoms with Crippen molar-refractivity contribution in [1.82, 2.24) is 0 Å². The van der Waals surface area contributed by atoms with Gasteiger partial charge in [0.25, 0.3) is 0 Å². The molecule has 11 heavy (non-hydrogen) atoms. The fourth-order valence-electron chi connectivity index (χ4n) is 0.661. The minimum absolute atomic E-state index is 0. The van der Waals surface area contributed by atoms with Crippen molar-refractivity contribution in [3.63, 3.8) is 0 Å². The van der Waals surface area contributed by atoms with Crippen molar-refractivity contribution in [2.24, 2.45) is 0 Å². The van der Waals surface area contributed by atoms with E-state index in [2.05, 4.69) is 0 Å². The molecule has 0 aliphatic carbocycles. The third kappa shape index (κ3) is 3.71. The van der Waals surface area contributed by atoms with Crippen molar-refractivity contribution in [1.29, 1.82) is 0 Å². The van der Waals surface area contributed by atoms with Gasteiger partial charge in [-0.25, -0.2) is 0 Å². The van der Waals surface area contributed by atoms with Crippen LogP contribution in [0.4, 0.5) is 0 Å². The maximum absolute atomic E-state index is 9.92. The van der Waals surface area contributed by atoms with Gasteiger partial charge in [0.1, 0.15) is 0 Å². The zero-order valence-corrected chi connectivity index (χ0v) is 6.23. The molecular formula is C7H6LiNO2. The monoisotopic (exact) mass is 143 g/mol. The van der Waals surface area contributed by atoms with Crippen LogP contribution in [0.2, 0.25) is 0 Å². The molecule has 0 saturated heterocycles. The molecule has 0 saturated carbocycles. The largest absolute Gasteiger partial charge is 1.00 e. The van der Waals surface area contributed by atoms with Crippen LogP contribution in [0, 0.1) is 10.4 Å². The molecule has 1 rings (SSSR count). The van der Waals surface area contributed by atoms with Crippen LogP contribution in [0.3, 0.4) is 0 Å². The van der Waals surface area contributed by atoms with Crippen LogP contribution in [0.15, 0.2) is 30.3 Å². The van der Waals surface area contributed by atoms with E-state index in [1.165, 1.54) is 0 Å². The van der Waals surface area contributed by atoms with Crippen LogP contribution < -0.4 is 18.9 Å². The summed E-state index contributed by atoms with van der Waals surface area (Å²) in [6, 6.07) is 8.70. The quantitative estimate of drug-likeness (QED) is 0.200. The Balaban J connectivity index is 0.000001000. The number of rotatable bonds is 1. The van der Waals surface area contributed by atoms with Gasteiger partial charge in [0.15, 0.2) is 6.21 Å². The maximum Gasteiger partial charge on any atom is 1.00 e. The van der Waals surface area contributed by atoms with Crippen molar-refractivity contribution in [2.45, 2.75) is 0 Å². The van der Waals surface area contributed by atoms with Crippen molar-refractivity contribution < 1.29 is 23.8 Å². The normalized spacial score (nSPS) is 8.00. The van der Waals surface area contributed by atoms with Crippen molar-refractivity contribution in [2.75, 3.05) is 0 Å². The Hall–Kier alpha value is -0.913. The van der Waals surface area contributed by atoms with E-state index >= 15 is 0 Å². The van der Waals surface area contributed by atoms with Crippen LogP contribution in [0.5, 0.6) is 0 Å². The molecule has 0 heterocycles. The molecule has 0 amide bonds. The van der Waals surface area contributed by atoms with Crippen LogP contribution in [0.1, 0.15) is 5.56 Å². The molecule has 0 fully saturated rings. The Bertz CT molecular complexity index is 231. The zero-order valence-electron chi connectivity index (χ0n) is 6.23. The number of hydrogen-bond acceptors (Lipinski definition) is 2. The predicted octanol–water partition coefficient (Wildman–Crippen LogP) is -1.88. The van der Waals surface area contributed by atoms with E-state index in [9.17, 15) is 10.4 Å². The summed E-state index contributed by atoms with van der Waals surface area (Å²) in [7, 11) is 0. The fraction of sp³-hybridized carbons (Fsp3) is 0. The van der Waals surface area contributed by atoms with E-state index in [0.29, 0.717) is 5.56 Å². The first-order valence-electron chi connectivity index (χ1n) is 2.82. The molecule has 0 aliphatic heterocycles. The fourth-order valence-corrected chi connectivity index (χ4v) is 0.661. The Morgan fingerprint density at radius 1 is 1.09 bits per heavy atom. The molecule has 0 radical (unpaired) electrons. The van der Waals surface area contributed by atoms with Gasteiger partial charge in [-0.05, 0) is 12.1 Å². The third-order valence-electron chi connectivity index (χ3n) is 1.05. The van der Waals surface area contributed by atoms with Crippen LogP contribution in [-0.4, -0.2) is 11.1 Å². The molecule has 0 spiro atoms. The van der Waals surface area contributed by atoms with E-state index < -0.39 is 4.90 Å². The molecule has 0 unspecified atom stereocenters. The summed E-state index contributed by atoms with van der Waals surface area (Å²) in [4.78, 5) is -0.463. The second-order valence-electron chi connectivity index (χ2n) is 1.83. The summed E-state index contributed by atoms with van der Waals surface area (Å²) in [5.74, 6) is 0. The molecule has 0 aromatic heterocycles. The van der Waals surface area contributed by atoms with E-state index in [-0.39, 0.29) is 18.9 Å². The Labute approximate surface area is 76.7 Å². The van der Waals surface area contributed by atoms with E-state index in [4.69, 9.17) is 0 Å². The van der Waals surface area contributed by atoms with Crippen LogP contribution in [-0.2, 0) is 0 Å². The van der Waals surface area contributed by atoms with Gasteiger partial charge in [-0.2, -0.15) is 4.90 Å². The molecule has 3 nitrogen and oxygen atoms in total. The predicted molar refractivity (Wildman–Crippen MR) is 38.6 cm³/mol. The topological polar surface area (TPSA) is 49.1 Å². The van der Waals surface area contributed by atoms with Gasteiger partial charge >= 0.3 is 18.9 Å². The van der Waals surface area contributed by atoms with Crippen molar-refractivity contribution in [3.8, 4) is 0 Å². The SMILES string of the molecule is [Li+].[O-][N+]([O-])=Cc1ccccc1. The van der Waals surface area contributed by atoms with Gasteiger partial charge in [-0.15, -0.1) is 0 Å². The summed E-state index contributed by atoms with van der Waals surface area (Å²) in [6.07, 6.45) is 0.972. The Morgan fingerprint density at radius 2 is 1.64 bits per heavy atom. The van der Waals surface area contributed by atoms with Gasteiger partial charge in [-0.1, -0.05) is 18.2 Å². The molecule has 1 aromatic rings. The molecule has 0 aliphatic rings. The Morgan fingerprint density at radius 3 is 2.09 bits per heavy atom. The first-order valence-corrected chi connectivity index (χ1v) is 2.82. The van der Waals surface area contributed by atoms with Gasteiger partial charge in [-0.3, -0.25) is 0 Å². The molecular weight excluding hydrogens is 137 g/mol. The van der Waals surface area contributed by atoms with E-state index in [1.54, 1.807) is 24.3 Å². The minimum Gasteiger partial charge on any atom is -0.612 e. The molecule has 0 bridgehead atoms. The van der Waals surface area contributed by atoms with E-state index in [0.717, 1.165) is 6.21 Å². The van der Waals surface area contributed by atoms with Crippen molar-refractivity contribution >= 4 is 6.21 Å². The molecule has 1 aromatic carbocycles. The van der Waals surface area contributed by atoms with Gasteiger partial charge in [0, 0.05) is 5.56 Å². The summed E-state index contributed by atoms with van der Waals surface area (Å²) >= 11 is 0. The Kier molecular flexibility index (Phi) is 4.43. The molecule has 52 valence electrons. The molecule has 0 atom stereocenters. The van der Waals surface area contributed by atoms with Crippen LogP contribution in [0.25, 0.3) is 0 Å². The zero-order chi connectivity index (χ0) is 7.40. The summed E-state index contributed by atoms with van der Waals surface area (Å²) < 4.78 is 0.